The highest BCUT2D eigenvalue weighted by Gasteiger charge is 2.19. The van der Waals surface area contributed by atoms with Crippen LogP contribution in [0.3, 0.4) is 0 Å². The molecule has 0 radical (unpaired) electrons. The number of nitrogens with zero attached hydrogens (tertiary/aromatic N) is 2. The van der Waals surface area contributed by atoms with E-state index >= 15 is 0 Å². The van der Waals surface area contributed by atoms with Crippen molar-refractivity contribution in [2.45, 2.75) is 12.8 Å². The number of carbonyl (C=O) groups excluding carboxylic acids is 2. The summed E-state index contributed by atoms with van der Waals surface area (Å²) >= 11 is 1.18. The van der Waals surface area contributed by atoms with E-state index in [-0.39, 0.29) is 30.3 Å². The summed E-state index contributed by atoms with van der Waals surface area (Å²) in [5.74, 6) is -0.972. The van der Waals surface area contributed by atoms with Crippen LogP contribution in [-0.4, -0.2) is 22.5 Å². The van der Waals surface area contributed by atoms with Crippen molar-refractivity contribution in [2.24, 2.45) is 5.10 Å². The van der Waals surface area contributed by atoms with Gasteiger partial charge in [-0.15, -0.1) is 0 Å². The zero-order chi connectivity index (χ0) is 14.1. The van der Waals surface area contributed by atoms with Gasteiger partial charge in [-0.2, -0.15) is 5.10 Å². The van der Waals surface area contributed by atoms with Crippen LogP contribution in [0.25, 0.3) is 10.2 Å². The van der Waals surface area contributed by atoms with Crippen molar-refractivity contribution in [3.63, 3.8) is 0 Å². The quantitative estimate of drug-likeness (QED) is 0.882. The van der Waals surface area contributed by atoms with Crippen molar-refractivity contribution in [3.05, 3.63) is 24.0 Å². The number of hydrogen-bond donors (Lipinski definition) is 2. The zero-order valence-corrected chi connectivity index (χ0v) is 11.0. The zero-order valence-electron chi connectivity index (χ0n) is 10.1. The van der Waals surface area contributed by atoms with Crippen molar-refractivity contribution in [2.75, 3.05) is 5.32 Å². The molecule has 0 saturated heterocycles. The summed E-state index contributed by atoms with van der Waals surface area (Å²) in [4.78, 5) is 27.0. The highest BCUT2D eigenvalue weighted by molar-refractivity contribution is 7.22. The number of carbonyl (C=O) groups is 2. The Morgan fingerprint density at radius 3 is 3.00 bits per heavy atom. The van der Waals surface area contributed by atoms with E-state index in [1.165, 1.54) is 23.5 Å². The first-order valence-corrected chi connectivity index (χ1v) is 6.66. The summed E-state index contributed by atoms with van der Waals surface area (Å²) in [5, 5.41) is 6.67. The van der Waals surface area contributed by atoms with E-state index in [0.29, 0.717) is 15.3 Å². The van der Waals surface area contributed by atoms with Gasteiger partial charge in [-0.25, -0.2) is 14.8 Å². The maximum absolute atomic E-state index is 13.1. The molecule has 8 heteroatoms. The Hall–Kier alpha value is -2.35. The monoisotopic (exact) mass is 292 g/mol. The minimum Gasteiger partial charge on any atom is -0.297 e. The number of hydrogen-bond acceptors (Lipinski definition) is 5. The molecule has 102 valence electrons. The van der Waals surface area contributed by atoms with Gasteiger partial charge in [0, 0.05) is 12.8 Å². The van der Waals surface area contributed by atoms with Gasteiger partial charge in [0.15, 0.2) is 5.13 Å². The first-order valence-electron chi connectivity index (χ1n) is 5.85. The van der Waals surface area contributed by atoms with Gasteiger partial charge >= 0.3 is 0 Å². The molecule has 0 spiro atoms. The minimum atomic E-state index is -0.412. The number of hydrazone groups is 1. The average Bonchev–Trinajstić information content (AvgIpc) is 2.80. The van der Waals surface area contributed by atoms with Crippen LogP contribution in [0.5, 0.6) is 0 Å². The number of rotatable bonds is 2. The van der Waals surface area contributed by atoms with Crippen molar-refractivity contribution < 1.29 is 14.0 Å². The molecule has 1 aliphatic rings. The highest BCUT2D eigenvalue weighted by atomic mass is 32.1. The molecule has 0 bridgehead atoms. The van der Waals surface area contributed by atoms with E-state index in [4.69, 9.17) is 0 Å². The van der Waals surface area contributed by atoms with Crippen molar-refractivity contribution >= 4 is 44.2 Å². The van der Waals surface area contributed by atoms with E-state index < -0.39 is 5.91 Å². The van der Waals surface area contributed by atoms with Gasteiger partial charge in [-0.1, -0.05) is 11.3 Å². The Morgan fingerprint density at radius 1 is 1.40 bits per heavy atom. The minimum absolute atomic E-state index is 0.211. The van der Waals surface area contributed by atoms with Gasteiger partial charge in [0.25, 0.3) is 5.91 Å². The molecule has 0 aliphatic carbocycles. The van der Waals surface area contributed by atoms with Crippen LogP contribution in [0, 0.1) is 5.82 Å². The summed E-state index contributed by atoms with van der Waals surface area (Å²) in [6.07, 6.45) is 0.522. The number of amides is 2. The lowest BCUT2D eigenvalue weighted by molar-refractivity contribution is -0.121. The number of nitrogens with one attached hydrogen (secondary N) is 2. The van der Waals surface area contributed by atoms with Crippen LogP contribution in [0.4, 0.5) is 9.52 Å². The summed E-state index contributed by atoms with van der Waals surface area (Å²) in [7, 11) is 0. The standard InChI is InChI=1S/C12H9FN4O2S/c13-6-1-2-7-9(5-6)20-12(14-7)15-11(19)8-3-4-10(18)17-16-8/h1-2,5H,3-4H2,(H,17,18)(H,14,15,19). The largest absolute Gasteiger partial charge is 0.297 e. The molecule has 1 aliphatic heterocycles. The fourth-order valence-corrected chi connectivity index (χ4v) is 2.64. The molecule has 1 aromatic carbocycles. The Labute approximate surface area is 116 Å². The van der Waals surface area contributed by atoms with Gasteiger partial charge in [0.2, 0.25) is 5.91 Å². The second-order valence-corrected chi connectivity index (χ2v) is 5.21. The second-order valence-electron chi connectivity index (χ2n) is 4.18. The van der Waals surface area contributed by atoms with E-state index in [1.807, 2.05) is 0 Å². The molecule has 2 amide bonds. The number of aromatic nitrogens is 1. The number of benzene rings is 1. The number of anilines is 1. The Kier molecular flexibility index (Phi) is 3.15. The first kappa shape index (κ1) is 12.7. The summed E-state index contributed by atoms with van der Waals surface area (Å²) < 4.78 is 13.7. The topological polar surface area (TPSA) is 83.5 Å². The lowest BCUT2D eigenvalue weighted by Crippen LogP contribution is -2.32. The van der Waals surface area contributed by atoms with Crippen molar-refractivity contribution in [1.82, 2.24) is 10.4 Å². The molecule has 0 fully saturated rings. The third-order valence-corrected chi connectivity index (χ3v) is 3.67. The SMILES string of the molecule is O=C1CCC(C(=O)Nc2nc3ccc(F)cc3s2)=NN1. The molecule has 2 heterocycles. The highest BCUT2D eigenvalue weighted by Crippen LogP contribution is 2.26. The second kappa shape index (κ2) is 4.97. The molecule has 0 saturated carbocycles. The first-order chi connectivity index (χ1) is 9.61. The molecule has 2 N–H and O–H groups in total. The van der Waals surface area contributed by atoms with E-state index in [0.717, 1.165) is 0 Å². The summed E-state index contributed by atoms with van der Waals surface area (Å²) in [6.45, 7) is 0. The molecule has 6 nitrogen and oxygen atoms in total. The maximum Gasteiger partial charge on any atom is 0.273 e. The lowest BCUT2D eigenvalue weighted by Gasteiger charge is -2.10. The van der Waals surface area contributed by atoms with Crippen LogP contribution in [0.2, 0.25) is 0 Å². The molecule has 2 aromatic rings. The van der Waals surface area contributed by atoms with E-state index in [1.54, 1.807) is 6.07 Å². The molecule has 0 atom stereocenters. The fraction of sp³-hybridized carbons (Fsp3) is 0.167. The third-order valence-electron chi connectivity index (χ3n) is 2.74. The van der Waals surface area contributed by atoms with Gasteiger partial charge in [-0.3, -0.25) is 14.9 Å². The number of halogens is 1. The molecular formula is C12H9FN4O2S. The molecule has 0 unspecified atom stereocenters. The third kappa shape index (κ3) is 2.50. The lowest BCUT2D eigenvalue weighted by atomic mass is 10.2. The maximum atomic E-state index is 13.1. The van der Waals surface area contributed by atoms with Crippen molar-refractivity contribution in [3.8, 4) is 0 Å². The predicted molar refractivity (Wildman–Crippen MR) is 73.0 cm³/mol. The Morgan fingerprint density at radius 2 is 2.25 bits per heavy atom. The smallest absolute Gasteiger partial charge is 0.273 e. The van der Waals surface area contributed by atoms with Gasteiger partial charge < -0.3 is 0 Å². The van der Waals surface area contributed by atoms with Crippen LogP contribution in [-0.2, 0) is 9.59 Å². The number of fused-ring (bicyclic) bond motifs is 1. The fourth-order valence-electron chi connectivity index (χ4n) is 1.76. The van der Waals surface area contributed by atoms with E-state index in [2.05, 4.69) is 20.8 Å². The van der Waals surface area contributed by atoms with Crippen LogP contribution < -0.4 is 10.7 Å². The van der Waals surface area contributed by atoms with Crippen LogP contribution in [0.1, 0.15) is 12.8 Å². The molecule has 3 rings (SSSR count). The normalized spacial score (nSPS) is 14.8. The number of thiazole rings is 1. The van der Waals surface area contributed by atoms with Crippen LogP contribution in [0.15, 0.2) is 23.3 Å². The Bertz CT molecular complexity index is 740. The predicted octanol–water partition coefficient (Wildman–Crippen LogP) is 1.64. The average molecular weight is 292 g/mol. The Balaban J connectivity index is 1.79. The molecular weight excluding hydrogens is 283 g/mol. The van der Waals surface area contributed by atoms with E-state index in [9.17, 15) is 14.0 Å². The van der Waals surface area contributed by atoms with Gasteiger partial charge in [0.1, 0.15) is 11.5 Å². The molecule has 20 heavy (non-hydrogen) atoms. The van der Waals surface area contributed by atoms with Crippen molar-refractivity contribution in [1.29, 1.82) is 0 Å². The van der Waals surface area contributed by atoms with Gasteiger partial charge in [-0.05, 0) is 18.2 Å². The van der Waals surface area contributed by atoms with Crippen LogP contribution >= 0.6 is 11.3 Å². The summed E-state index contributed by atoms with van der Waals surface area (Å²) in [6, 6.07) is 4.23. The summed E-state index contributed by atoms with van der Waals surface area (Å²) in [5.41, 5.74) is 3.12. The molecule has 1 aromatic heterocycles. The van der Waals surface area contributed by atoms with Gasteiger partial charge in [0.05, 0.1) is 10.2 Å².